The number of rotatable bonds is 7. The minimum absolute atomic E-state index is 0.0706. The van der Waals surface area contributed by atoms with Crippen LogP contribution in [0.3, 0.4) is 0 Å². The minimum atomic E-state index is -0.942. The topological polar surface area (TPSA) is 110 Å². The van der Waals surface area contributed by atoms with Gasteiger partial charge in [-0.15, -0.1) is 11.8 Å². The Morgan fingerprint density at radius 3 is 2.55 bits per heavy atom. The van der Waals surface area contributed by atoms with Gasteiger partial charge in [-0.3, -0.25) is 19.7 Å². The Balaban J connectivity index is 2.92. The third kappa shape index (κ3) is 5.03. The average Bonchev–Trinajstić information content (AvgIpc) is 2.44. The van der Waals surface area contributed by atoms with E-state index in [2.05, 4.69) is 5.32 Å². The van der Waals surface area contributed by atoms with Crippen LogP contribution in [-0.2, 0) is 4.79 Å². The van der Waals surface area contributed by atoms with Gasteiger partial charge in [-0.25, -0.2) is 0 Å². The first-order chi connectivity index (χ1) is 10.2. The normalized spacial score (nSPS) is 11.0. The van der Waals surface area contributed by atoms with Crippen LogP contribution in [0.2, 0.25) is 0 Å². The molecule has 0 saturated heterocycles. The predicted molar refractivity (Wildman–Crippen MR) is 83.3 cm³/mol. The van der Waals surface area contributed by atoms with Crippen LogP contribution in [0.4, 0.5) is 5.69 Å². The summed E-state index contributed by atoms with van der Waals surface area (Å²) in [5.41, 5.74) is -0.668. The number of carbonyl (C=O) groups is 2. The molecule has 0 aromatic heterocycles. The molecular weight excluding hydrogens is 308 g/mol. The zero-order valence-corrected chi connectivity index (χ0v) is 13.4. The van der Waals surface area contributed by atoms with Crippen molar-refractivity contribution in [3.05, 3.63) is 33.9 Å². The Kier molecular flexibility index (Phi) is 5.92. The highest BCUT2D eigenvalue weighted by Crippen LogP contribution is 2.28. The maximum absolute atomic E-state index is 12.2. The second-order valence-electron chi connectivity index (χ2n) is 5.38. The summed E-state index contributed by atoms with van der Waals surface area (Å²) in [4.78, 5) is 33.8. The number of benzene rings is 1. The average molecular weight is 326 g/mol. The Labute approximate surface area is 132 Å². The second kappa shape index (κ2) is 7.26. The van der Waals surface area contributed by atoms with E-state index in [0.717, 1.165) is 0 Å². The molecule has 1 amide bonds. The number of carbonyl (C=O) groups excluding carboxylic acids is 1. The number of amides is 1. The van der Waals surface area contributed by atoms with Crippen molar-refractivity contribution in [1.82, 2.24) is 5.32 Å². The summed E-state index contributed by atoms with van der Waals surface area (Å²) in [6.45, 7) is 3.41. The van der Waals surface area contributed by atoms with Crippen LogP contribution in [0.15, 0.2) is 23.1 Å². The molecule has 0 unspecified atom stereocenters. The highest BCUT2D eigenvalue weighted by Gasteiger charge is 2.24. The van der Waals surface area contributed by atoms with Gasteiger partial charge in [0.25, 0.3) is 11.6 Å². The Morgan fingerprint density at radius 1 is 1.41 bits per heavy atom. The van der Waals surface area contributed by atoms with Gasteiger partial charge < -0.3 is 10.4 Å². The van der Waals surface area contributed by atoms with Crippen molar-refractivity contribution >= 4 is 29.3 Å². The SMILES string of the molecule is CSc1ccc(C(=O)NC(C)(C)CCC(=O)O)cc1[N+](=O)[O-]. The van der Waals surface area contributed by atoms with Crippen molar-refractivity contribution in [3.63, 3.8) is 0 Å². The van der Waals surface area contributed by atoms with Crippen LogP contribution >= 0.6 is 11.8 Å². The number of hydrogen-bond donors (Lipinski definition) is 2. The van der Waals surface area contributed by atoms with Crippen molar-refractivity contribution in [2.75, 3.05) is 6.26 Å². The van der Waals surface area contributed by atoms with Crippen LogP contribution in [0.25, 0.3) is 0 Å². The zero-order chi connectivity index (χ0) is 16.9. The van der Waals surface area contributed by atoms with E-state index in [1.807, 2.05) is 0 Å². The van der Waals surface area contributed by atoms with Gasteiger partial charge >= 0.3 is 5.97 Å². The first-order valence-electron chi connectivity index (χ1n) is 6.53. The molecule has 0 heterocycles. The van der Waals surface area contributed by atoms with E-state index in [-0.39, 0.29) is 24.1 Å². The molecule has 7 nitrogen and oxygen atoms in total. The van der Waals surface area contributed by atoms with Gasteiger partial charge in [-0.2, -0.15) is 0 Å². The highest BCUT2D eigenvalue weighted by molar-refractivity contribution is 7.98. The van der Waals surface area contributed by atoms with Gasteiger partial charge in [0.1, 0.15) is 0 Å². The zero-order valence-electron chi connectivity index (χ0n) is 12.6. The molecule has 0 spiro atoms. The lowest BCUT2D eigenvalue weighted by Gasteiger charge is -2.25. The summed E-state index contributed by atoms with van der Waals surface area (Å²) in [6, 6.07) is 4.28. The molecular formula is C14H18N2O5S. The van der Waals surface area contributed by atoms with Crippen LogP contribution in [-0.4, -0.2) is 33.7 Å². The maximum atomic E-state index is 12.2. The molecule has 1 rings (SSSR count). The Hall–Kier alpha value is -2.09. The molecule has 2 N–H and O–H groups in total. The van der Waals surface area contributed by atoms with E-state index >= 15 is 0 Å². The fourth-order valence-corrected chi connectivity index (χ4v) is 2.38. The van der Waals surface area contributed by atoms with E-state index in [1.165, 1.54) is 30.0 Å². The molecule has 0 aliphatic carbocycles. The van der Waals surface area contributed by atoms with E-state index in [4.69, 9.17) is 5.11 Å². The summed E-state index contributed by atoms with van der Waals surface area (Å²) in [5, 5.41) is 22.4. The minimum Gasteiger partial charge on any atom is -0.481 e. The molecule has 22 heavy (non-hydrogen) atoms. The van der Waals surface area contributed by atoms with Crippen LogP contribution in [0.5, 0.6) is 0 Å². The number of carboxylic acids is 1. The Morgan fingerprint density at radius 2 is 2.05 bits per heavy atom. The summed E-state index contributed by atoms with van der Waals surface area (Å²) in [5.74, 6) is -1.41. The van der Waals surface area contributed by atoms with Gasteiger partial charge in [-0.1, -0.05) is 0 Å². The fourth-order valence-electron chi connectivity index (χ4n) is 1.84. The second-order valence-corrected chi connectivity index (χ2v) is 6.22. The lowest BCUT2D eigenvalue weighted by molar-refractivity contribution is -0.387. The molecule has 1 aromatic carbocycles. The number of nitrogens with one attached hydrogen (secondary N) is 1. The molecule has 0 bridgehead atoms. The maximum Gasteiger partial charge on any atom is 0.303 e. The molecule has 0 aliphatic rings. The first-order valence-corrected chi connectivity index (χ1v) is 7.75. The number of nitro benzene ring substituents is 1. The van der Waals surface area contributed by atoms with Crippen molar-refractivity contribution < 1.29 is 19.6 Å². The molecule has 1 aromatic rings. The smallest absolute Gasteiger partial charge is 0.303 e. The van der Waals surface area contributed by atoms with Crippen molar-refractivity contribution in [3.8, 4) is 0 Å². The third-order valence-electron chi connectivity index (χ3n) is 3.05. The monoisotopic (exact) mass is 326 g/mol. The van der Waals surface area contributed by atoms with E-state index < -0.39 is 22.3 Å². The first kappa shape index (κ1) is 18.0. The summed E-state index contributed by atoms with van der Waals surface area (Å²) < 4.78 is 0. The van der Waals surface area contributed by atoms with Crippen LogP contribution in [0, 0.1) is 10.1 Å². The van der Waals surface area contributed by atoms with Crippen molar-refractivity contribution in [1.29, 1.82) is 0 Å². The van der Waals surface area contributed by atoms with Crippen molar-refractivity contribution in [2.24, 2.45) is 0 Å². The quantitative estimate of drug-likeness (QED) is 0.453. The molecule has 120 valence electrons. The van der Waals surface area contributed by atoms with E-state index in [9.17, 15) is 19.7 Å². The number of nitro groups is 1. The third-order valence-corrected chi connectivity index (χ3v) is 3.84. The highest BCUT2D eigenvalue weighted by atomic mass is 32.2. The van der Waals surface area contributed by atoms with Gasteiger partial charge in [0, 0.05) is 23.6 Å². The van der Waals surface area contributed by atoms with E-state index in [1.54, 1.807) is 20.1 Å². The number of nitrogens with zero attached hydrogens (tertiary/aromatic N) is 1. The van der Waals surface area contributed by atoms with Crippen LogP contribution < -0.4 is 5.32 Å². The van der Waals surface area contributed by atoms with Gasteiger partial charge in [-0.05, 0) is 38.7 Å². The predicted octanol–water partition coefficient (Wildman–Crippen LogP) is 2.69. The standard InChI is InChI=1S/C14H18N2O5S/c1-14(2,7-6-12(17)18)15-13(19)9-4-5-11(22-3)10(8-9)16(20)21/h4-5,8H,6-7H2,1-3H3,(H,15,19)(H,17,18). The molecule has 0 saturated carbocycles. The lowest BCUT2D eigenvalue weighted by atomic mass is 9.97. The Bertz CT molecular complexity index is 601. The van der Waals surface area contributed by atoms with Gasteiger partial charge in [0.2, 0.25) is 0 Å². The molecule has 0 atom stereocenters. The molecule has 0 radical (unpaired) electrons. The number of carboxylic acid groups (broad SMARTS) is 1. The van der Waals surface area contributed by atoms with E-state index in [0.29, 0.717) is 4.90 Å². The van der Waals surface area contributed by atoms with Gasteiger partial charge in [0.15, 0.2) is 0 Å². The molecule has 8 heteroatoms. The van der Waals surface area contributed by atoms with Gasteiger partial charge in [0.05, 0.1) is 9.82 Å². The summed E-state index contributed by atoms with van der Waals surface area (Å²) in [6.07, 6.45) is 1.91. The number of thioether (sulfide) groups is 1. The summed E-state index contributed by atoms with van der Waals surface area (Å²) in [7, 11) is 0. The molecule has 0 fully saturated rings. The molecule has 0 aliphatic heterocycles. The number of hydrogen-bond acceptors (Lipinski definition) is 5. The number of aliphatic carboxylic acids is 1. The summed E-state index contributed by atoms with van der Waals surface area (Å²) >= 11 is 1.23. The fraction of sp³-hybridized carbons (Fsp3) is 0.429. The van der Waals surface area contributed by atoms with Crippen LogP contribution in [0.1, 0.15) is 37.0 Å². The lowest BCUT2D eigenvalue weighted by Crippen LogP contribution is -2.43. The van der Waals surface area contributed by atoms with Crippen molar-refractivity contribution in [2.45, 2.75) is 37.1 Å². The largest absolute Gasteiger partial charge is 0.481 e.